The van der Waals surface area contributed by atoms with Gasteiger partial charge in [-0.15, -0.1) is 9.24 Å². The van der Waals surface area contributed by atoms with Crippen LogP contribution in [0.25, 0.3) is 0 Å². The zero-order chi connectivity index (χ0) is 35.3. The van der Waals surface area contributed by atoms with Crippen molar-refractivity contribution < 1.29 is 0 Å². The van der Waals surface area contributed by atoms with E-state index in [9.17, 15) is 0 Å². The van der Waals surface area contributed by atoms with E-state index in [0.717, 1.165) is 5.92 Å². The van der Waals surface area contributed by atoms with Crippen LogP contribution >= 0.6 is 16.5 Å². The average Bonchev–Trinajstić information content (AvgIpc) is 3.05. The summed E-state index contributed by atoms with van der Waals surface area (Å²) in [5.41, 5.74) is 0. The minimum absolute atomic E-state index is 0.420. The molecule has 0 N–H and O–H groups in total. The number of hydrogen-bond acceptors (Lipinski definition) is 0. The van der Waals surface area contributed by atoms with E-state index < -0.39 is 7.26 Å². The fourth-order valence-corrected chi connectivity index (χ4v) is 13.1. The summed E-state index contributed by atoms with van der Waals surface area (Å²) in [6.45, 7) is 18.7. The van der Waals surface area contributed by atoms with E-state index in [0.29, 0.717) is 5.16 Å². The Morgan fingerprint density at radius 2 is 0.574 bits per heavy atom. The molecule has 0 radical (unpaired) electrons. The van der Waals surface area contributed by atoms with Crippen LogP contribution in [0.3, 0.4) is 0 Å². The molecule has 0 spiro atoms. The molecule has 0 saturated carbocycles. The first-order valence-electron chi connectivity index (χ1n) is 22.5. The molecule has 0 aliphatic rings. The maximum absolute atomic E-state index is 2.97. The van der Waals surface area contributed by atoms with Crippen molar-refractivity contribution >= 4 is 16.5 Å². The van der Waals surface area contributed by atoms with Gasteiger partial charge in [0.25, 0.3) is 0 Å². The van der Waals surface area contributed by atoms with Gasteiger partial charge in [-0.2, -0.15) is 0 Å². The first-order chi connectivity index (χ1) is 22.7. The van der Waals surface area contributed by atoms with Crippen molar-refractivity contribution in [2.24, 2.45) is 5.92 Å². The topological polar surface area (TPSA) is 0 Å². The van der Waals surface area contributed by atoms with E-state index in [1.54, 1.807) is 50.3 Å². The monoisotopic (exact) mass is 701 g/mol. The Balaban J connectivity index is 0. The molecule has 0 aromatic carbocycles. The molecular formula is C45H98P2. The Kier molecular flexibility index (Phi) is 40.5. The Bertz CT molecular complexity index is 495. The van der Waals surface area contributed by atoms with Crippen molar-refractivity contribution in [3.05, 3.63) is 0 Å². The summed E-state index contributed by atoms with van der Waals surface area (Å²) in [4.78, 5) is 0. The standard InChI is InChI=1S/C32H69P.C13H29P/c1-5-9-13-17-21-25-29-33(30-26-22-18-14-10-6-2,31-27-23-19-15-11-7-3)32-28-24-20-16-12-8-4;1-5-6-7-8-9-10-11-12(2)13(3,4)14/h33H,5-32H2,1-4H3;12H,5-11,14H2,1-4H3. The van der Waals surface area contributed by atoms with Gasteiger partial charge in [0.2, 0.25) is 0 Å². The van der Waals surface area contributed by atoms with E-state index >= 15 is 0 Å². The first kappa shape index (κ1) is 50.0. The SMILES string of the molecule is CCCCCCCCC(C)C(C)(C)P.CCCCCCCC[PH](CCCCCCCC)(CCCCCCCC)CCCCCCCC. The fourth-order valence-electron chi connectivity index (χ4n) is 7.47. The molecule has 0 rings (SSSR count). The van der Waals surface area contributed by atoms with Crippen molar-refractivity contribution in [1.29, 1.82) is 0 Å². The molecule has 0 fully saturated rings. The van der Waals surface area contributed by atoms with Gasteiger partial charge in [-0.1, -0.05) is 66.2 Å². The average molecular weight is 701 g/mol. The predicted molar refractivity (Wildman–Crippen MR) is 232 cm³/mol. The Hall–Kier alpha value is 0.860. The Morgan fingerprint density at radius 3 is 0.809 bits per heavy atom. The summed E-state index contributed by atoms with van der Waals surface area (Å²) in [5, 5.41) is 0.420. The molecule has 0 aromatic heterocycles. The second kappa shape index (κ2) is 38.1. The summed E-state index contributed by atoms with van der Waals surface area (Å²) in [5.74, 6) is 0.832. The minimum atomic E-state index is -1.07. The normalized spacial score (nSPS) is 13.0. The molecule has 2 unspecified atom stereocenters. The third-order valence-electron chi connectivity index (χ3n) is 11.5. The Labute approximate surface area is 305 Å². The summed E-state index contributed by atoms with van der Waals surface area (Å²) in [6, 6.07) is 0. The molecule has 0 bridgehead atoms. The van der Waals surface area contributed by atoms with Crippen molar-refractivity contribution in [1.82, 2.24) is 0 Å². The second-order valence-electron chi connectivity index (χ2n) is 16.8. The quantitative estimate of drug-likeness (QED) is 0.0451. The third-order valence-corrected chi connectivity index (χ3v) is 17.7. The van der Waals surface area contributed by atoms with Gasteiger partial charge in [-0.05, 0) is 17.5 Å². The van der Waals surface area contributed by atoms with E-state index in [1.165, 1.54) is 173 Å². The van der Waals surface area contributed by atoms with Crippen LogP contribution in [0.1, 0.15) is 254 Å². The van der Waals surface area contributed by atoms with Gasteiger partial charge < -0.3 is 0 Å². The first-order valence-corrected chi connectivity index (χ1v) is 25.9. The molecule has 0 aliphatic heterocycles. The van der Waals surface area contributed by atoms with Gasteiger partial charge >= 0.3 is 214 Å². The van der Waals surface area contributed by atoms with Crippen molar-refractivity contribution in [2.45, 2.75) is 260 Å². The van der Waals surface area contributed by atoms with Crippen molar-refractivity contribution in [3.63, 3.8) is 0 Å². The summed E-state index contributed by atoms with van der Waals surface area (Å²) < 4.78 is 0. The van der Waals surface area contributed by atoms with Crippen LogP contribution in [-0.2, 0) is 0 Å². The van der Waals surface area contributed by atoms with Crippen LogP contribution in [0.2, 0.25) is 0 Å². The van der Waals surface area contributed by atoms with Crippen LogP contribution in [-0.4, -0.2) is 29.8 Å². The second-order valence-corrected chi connectivity index (χ2v) is 23.3. The van der Waals surface area contributed by atoms with Crippen molar-refractivity contribution in [2.75, 3.05) is 24.6 Å². The van der Waals surface area contributed by atoms with E-state index in [-0.39, 0.29) is 0 Å². The van der Waals surface area contributed by atoms with Crippen LogP contribution in [0.5, 0.6) is 0 Å². The molecule has 0 amide bonds. The molecule has 0 nitrogen and oxygen atoms in total. The van der Waals surface area contributed by atoms with Crippen LogP contribution in [0.4, 0.5) is 0 Å². The van der Waals surface area contributed by atoms with E-state index in [1.807, 2.05) is 0 Å². The van der Waals surface area contributed by atoms with Gasteiger partial charge in [-0.3, -0.25) is 0 Å². The van der Waals surface area contributed by atoms with E-state index in [2.05, 4.69) is 64.6 Å². The molecule has 0 aliphatic carbocycles. The number of unbranched alkanes of at least 4 members (excludes halogenated alkanes) is 25. The molecular weight excluding hydrogens is 602 g/mol. The van der Waals surface area contributed by atoms with Crippen LogP contribution in [0, 0.1) is 5.92 Å². The maximum atomic E-state index is 2.97. The van der Waals surface area contributed by atoms with Gasteiger partial charge in [0, 0.05) is 0 Å². The third kappa shape index (κ3) is 36.5. The van der Waals surface area contributed by atoms with Gasteiger partial charge in [0.1, 0.15) is 0 Å². The number of rotatable bonds is 36. The molecule has 288 valence electrons. The molecule has 2 atom stereocenters. The van der Waals surface area contributed by atoms with E-state index in [4.69, 9.17) is 0 Å². The van der Waals surface area contributed by atoms with Gasteiger partial charge in [0.05, 0.1) is 0 Å². The fraction of sp³-hybridized carbons (Fsp3) is 1.00. The van der Waals surface area contributed by atoms with Gasteiger partial charge in [-0.25, -0.2) is 0 Å². The zero-order valence-electron chi connectivity index (χ0n) is 34.9. The number of hydrogen-bond donors (Lipinski definition) is 0. The van der Waals surface area contributed by atoms with Crippen molar-refractivity contribution in [3.8, 4) is 0 Å². The molecule has 47 heavy (non-hydrogen) atoms. The van der Waals surface area contributed by atoms with Crippen LogP contribution < -0.4 is 0 Å². The summed E-state index contributed by atoms with van der Waals surface area (Å²) >= 11 is 0. The zero-order valence-corrected chi connectivity index (χ0v) is 37.1. The molecule has 0 aromatic rings. The molecule has 0 saturated heterocycles. The predicted octanol–water partition coefficient (Wildman–Crippen LogP) is 17.2. The Morgan fingerprint density at radius 1 is 0.362 bits per heavy atom. The van der Waals surface area contributed by atoms with Gasteiger partial charge in [0.15, 0.2) is 0 Å². The molecule has 2 heteroatoms. The van der Waals surface area contributed by atoms with Crippen LogP contribution in [0.15, 0.2) is 0 Å². The molecule has 0 heterocycles. The summed E-state index contributed by atoms with van der Waals surface area (Å²) in [6.07, 6.45) is 52.3. The summed E-state index contributed by atoms with van der Waals surface area (Å²) in [7, 11) is 1.90.